The van der Waals surface area contributed by atoms with Crippen molar-refractivity contribution in [3.63, 3.8) is 0 Å². The van der Waals surface area contributed by atoms with Gasteiger partial charge < -0.3 is 15.7 Å². The Hall–Kier alpha value is -2.01. The van der Waals surface area contributed by atoms with Crippen molar-refractivity contribution < 1.29 is 9.90 Å². The maximum absolute atomic E-state index is 11.7. The molecule has 0 aliphatic rings. The molecule has 0 saturated heterocycles. The lowest BCUT2D eigenvalue weighted by atomic mass is 10.2. The van der Waals surface area contributed by atoms with Gasteiger partial charge in [0.2, 0.25) is 0 Å². The first-order valence-electron chi connectivity index (χ1n) is 5.72. The Morgan fingerprint density at radius 1 is 1.11 bits per heavy atom. The van der Waals surface area contributed by atoms with Gasteiger partial charge >= 0.3 is 6.03 Å². The average Bonchev–Trinajstić information content (AvgIpc) is 2.41. The standard InChI is InChI=1S/C14H13BrN2O2/c15-11-7-5-10(6-8-11)9-16-14(19)17-12-3-1-2-4-13(12)18/h1-8,18H,9H2,(H2,16,17,19). The summed E-state index contributed by atoms with van der Waals surface area (Å²) < 4.78 is 0.995. The van der Waals surface area contributed by atoms with Crippen molar-refractivity contribution >= 4 is 27.6 Å². The Morgan fingerprint density at radius 2 is 1.79 bits per heavy atom. The number of halogens is 1. The van der Waals surface area contributed by atoms with E-state index in [9.17, 15) is 9.90 Å². The summed E-state index contributed by atoms with van der Waals surface area (Å²) in [7, 11) is 0. The second-order valence-corrected chi connectivity index (χ2v) is 4.87. The van der Waals surface area contributed by atoms with Gasteiger partial charge in [0.1, 0.15) is 5.75 Å². The van der Waals surface area contributed by atoms with E-state index in [-0.39, 0.29) is 11.8 Å². The van der Waals surface area contributed by atoms with E-state index < -0.39 is 0 Å². The fourth-order valence-corrected chi connectivity index (χ4v) is 1.79. The van der Waals surface area contributed by atoms with Crippen molar-refractivity contribution in [3.8, 4) is 5.75 Å². The number of hydrogen-bond acceptors (Lipinski definition) is 2. The zero-order valence-corrected chi connectivity index (χ0v) is 11.6. The summed E-state index contributed by atoms with van der Waals surface area (Å²) in [6, 6.07) is 13.9. The van der Waals surface area contributed by atoms with Crippen LogP contribution >= 0.6 is 15.9 Å². The number of aromatic hydroxyl groups is 1. The molecule has 2 rings (SSSR count). The van der Waals surface area contributed by atoms with Crippen LogP contribution in [0.15, 0.2) is 53.0 Å². The predicted octanol–water partition coefficient (Wildman–Crippen LogP) is 3.48. The van der Waals surface area contributed by atoms with Crippen LogP contribution < -0.4 is 10.6 Å². The molecule has 0 heterocycles. The molecule has 2 aromatic carbocycles. The van der Waals surface area contributed by atoms with E-state index >= 15 is 0 Å². The Morgan fingerprint density at radius 3 is 2.47 bits per heavy atom. The Kier molecular flexibility index (Phi) is 4.41. The number of carbonyl (C=O) groups excluding carboxylic acids is 1. The molecule has 5 heteroatoms. The third-order valence-corrected chi connectivity index (χ3v) is 3.05. The molecule has 0 unspecified atom stereocenters. The molecular formula is C14H13BrN2O2. The lowest BCUT2D eigenvalue weighted by Gasteiger charge is -2.09. The van der Waals surface area contributed by atoms with Crippen LogP contribution in [0.5, 0.6) is 5.75 Å². The molecule has 19 heavy (non-hydrogen) atoms. The number of carbonyl (C=O) groups is 1. The van der Waals surface area contributed by atoms with Gasteiger partial charge in [-0.3, -0.25) is 0 Å². The molecule has 0 aromatic heterocycles. The Labute approximate surface area is 119 Å². The average molecular weight is 321 g/mol. The van der Waals surface area contributed by atoms with E-state index in [1.165, 1.54) is 6.07 Å². The number of urea groups is 1. The summed E-state index contributed by atoms with van der Waals surface area (Å²) in [5, 5.41) is 14.8. The number of benzene rings is 2. The maximum atomic E-state index is 11.7. The molecule has 98 valence electrons. The third-order valence-electron chi connectivity index (χ3n) is 2.52. The highest BCUT2D eigenvalue weighted by Crippen LogP contribution is 2.21. The van der Waals surface area contributed by atoms with Crippen molar-refractivity contribution in [3.05, 3.63) is 58.6 Å². The van der Waals surface area contributed by atoms with Gasteiger partial charge in [0.25, 0.3) is 0 Å². The van der Waals surface area contributed by atoms with Crippen LogP contribution in [-0.2, 0) is 6.54 Å². The molecule has 0 spiro atoms. The van der Waals surface area contributed by atoms with Crippen LogP contribution in [0.25, 0.3) is 0 Å². The highest BCUT2D eigenvalue weighted by atomic mass is 79.9. The molecule has 4 nitrogen and oxygen atoms in total. The first-order chi connectivity index (χ1) is 9.15. The van der Waals surface area contributed by atoms with E-state index in [0.29, 0.717) is 12.2 Å². The number of para-hydroxylation sites is 2. The van der Waals surface area contributed by atoms with Gasteiger partial charge in [-0.05, 0) is 29.8 Å². The van der Waals surface area contributed by atoms with Crippen LogP contribution in [0.1, 0.15) is 5.56 Å². The molecule has 0 bridgehead atoms. The number of phenolic OH excluding ortho intramolecular Hbond substituents is 1. The summed E-state index contributed by atoms with van der Waals surface area (Å²) in [6.45, 7) is 0.423. The van der Waals surface area contributed by atoms with E-state index in [1.54, 1.807) is 18.2 Å². The molecule has 0 aliphatic carbocycles. The van der Waals surface area contributed by atoms with Gasteiger partial charge in [-0.15, -0.1) is 0 Å². The zero-order valence-electron chi connectivity index (χ0n) is 10.1. The molecule has 0 saturated carbocycles. The maximum Gasteiger partial charge on any atom is 0.319 e. The molecule has 2 amide bonds. The molecule has 0 radical (unpaired) electrons. The minimum Gasteiger partial charge on any atom is -0.506 e. The van der Waals surface area contributed by atoms with Crippen molar-refractivity contribution in [2.24, 2.45) is 0 Å². The summed E-state index contributed by atoms with van der Waals surface area (Å²) in [5.74, 6) is 0.0429. The topological polar surface area (TPSA) is 61.4 Å². The quantitative estimate of drug-likeness (QED) is 0.758. The van der Waals surface area contributed by atoms with Gasteiger partial charge in [0, 0.05) is 11.0 Å². The van der Waals surface area contributed by atoms with E-state index in [2.05, 4.69) is 26.6 Å². The molecule has 0 aliphatic heterocycles. The molecule has 0 atom stereocenters. The fourth-order valence-electron chi connectivity index (χ4n) is 1.53. The van der Waals surface area contributed by atoms with Gasteiger partial charge in [-0.1, -0.05) is 40.2 Å². The predicted molar refractivity (Wildman–Crippen MR) is 78.1 cm³/mol. The summed E-state index contributed by atoms with van der Waals surface area (Å²) >= 11 is 3.35. The van der Waals surface area contributed by atoms with Crippen LogP contribution in [0.3, 0.4) is 0 Å². The van der Waals surface area contributed by atoms with Crippen LogP contribution in [0.2, 0.25) is 0 Å². The van der Waals surface area contributed by atoms with E-state index in [0.717, 1.165) is 10.0 Å². The van der Waals surface area contributed by atoms with Gasteiger partial charge in [0.15, 0.2) is 0 Å². The van der Waals surface area contributed by atoms with E-state index in [1.807, 2.05) is 24.3 Å². The van der Waals surface area contributed by atoms with E-state index in [4.69, 9.17) is 0 Å². The number of phenols is 1. The Balaban J connectivity index is 1.88. The van der Waals surface area contributed by atoms with Gasteiger partial charge in [0.05, 0.1) is 5.69 Å². The minimum atomic E-state index is -0.357. The molecule has 3 N–H and O–H groups in total. The second kappa shape index (κ2) is 6.24. The second-order valence-electron chi connectivity index (χ2n) is 3.95. The van der Waals surface area contributed by atoms with Crippen molar-refractivity contribution in [1.82, 2.24) is 5.32 Å². The largest absolute Gasteiger partial charge is 0.506 e. The molecular weight excluding hydrogens is 308 g/mol. The van der Waals surface area contributed by atoms with Crippen molar-refractivity contribution in [2.45, 2.75) is 6.54 Å². The number of amides is 2. The molecule has 0 fully saturated rings. The van der Waals surface area contributed by atoms with Crippen molar-refractivity contribution in [1.29, 1.82) is 0 Å². The summed E-state index contributed by atoms with van der Waals surface area (Å²) in [6.07, 6.45) is 0. The summed E-state index contributed by atoms with van der Waals surface area (Å²) in [4.78, 5) is 11.7. The highest BCUT2D eigenvalue weighted by molar-refractivity contribution is 9.10. The minimum absolute atomic E-state index is 0.0429. The Bertz CT molecular complexity index is 570. The first kappa shape index (κ1) is 13.4. The first-order valence-corrected chi connectivity index (χ1v) is 6.52. The monoisotopic (exact) mass is 320 g/mol. The SMILES string of the molecule is O=C(NCc1ccc(Br)cc1)Nc1ccccc1O. The molecule has 2 aromatic rings. The number of rotatable bonds is 3. The van der Waals surface area contributed by atoms with Crippen LogP contribution in [0, 0.1) is 0 Å². The van der Waals surface area contributed by atoms with Crippen LogP contribution in [-0.4, -0.2) is 11.1 Å². The number of anilines is 1. The lowest BCUT2D eigenvalue weighted by molar-refractivity contribution is 0.251. The number of hydrogen-bond donors (Lipinski definition) is 3. The highest BCUT2D eigenvalue weighted by Gasteiger charge is 2.04. The lowest BCUT2D eigenvalue weighted by Crippen LogP contribution is -2.28. The van der Waals surface area contributed by atoms with Gasteiger partial charge in [-0.2, -0.15) is 0 Å². The third kappa shape index (κ3) is 3.99. The summed E-state index contributed by atoms with van der Waals surface area (Å²) in [5.41, 5.74) is 1.38. The van der Waals surface area contributed by atoms with Gasteiger partial charge in [-0.25, -0.2) is 4.79 Å². The zero-order chi connectivity index (χ0) is 13.7. The number of nitrogens with one attached hydrogen (secondary N) is 2. The van der Waals surface area contributed by atoms with Crippen LogP contribution in [0.4, 0.5) is 10.5 Å². The fraction of sp³-hybridized carbons (Fsp3) is 0.0714. The normalized spacial score (nSPS) is 9.95. The smallest absolute Gasteiger partial charge is 0.319 e. The van der Waals surface area contributed by atoms with Crippen molar-refractivity contribution in [2.75, 3.05) is 5.32 Å².